The lowest BCUT2D eigenvalue weighted by Crippen LogP contribution is -2.43. The maximum atomic E-state index is 12.0. The normalized spacial score (nSPS) is 19.5. The van der Waals surface area contributed by atoms with Gasteiger partial charge in [0.15, 0.2) is 0 Å². The molecule has 3 aliphatic heterocycles. The van der Waals surface area contributed by atoms with Gasteiger partial charge in [-0.1, -0.05) is 11.1 Å². The highest BCUT2D eigenvalue weighted by Gasteiger charge is 2.36. The molecule has 4 aliphatic rings. The third kappa shape index (κ3) is 7.28. The van der Waals surface area contributed by atoms with Crippen molar-refractivity contribution in [2.24, 2.45) is 10.8 Å². The van der Waals surface area contributed by atoms with Crippen LogP contribution in [-0.2, 0) is 9.59 Å². The molecule has 0 aromatic rings. The van der Waals surface area contributed by atoms with Gasteiger partial charge in [0.1, 0.15) is 0 Å². The molecule has 1 amide bonds. The Morgan fingerprint density at radius 3 is 1.56 bits per heavy atom. The molecule has 5 N–H and O–H groups in total. The molecule has 3 heterocycles. The maximum absolute atomic E-state index is 12.0. The first kappa shape index (κ1) is 28.6. The number of aliphatic hydroxyl groups is 2. The Labute approximate surface area is 197 Å². The summed E-state index contributed by atoms with van der Waals surface area (Å²) in [6.45, 7) is 11.8. The van der Waals surface area contributed by atoms with Crippen molar-refractivity contribution in [3.8, 4) is 0 Å². The molecule has 32 heavy (non-hydrogen) atoms. The number of aliphatic hydroxyl groups excluding tert-OH is 2. The van der Waals surface area contributed by atoms with E-state index in [4.69, 9.17) is 15.3 Å². The van der Waals surface area contributed by atoms with Gasteiger partial charge in [0, 0.05) is 39.3 Å². The minimum Gasteiger partial charge on any atom is -0.481 e. The topological polar surface area (TPSA) is 122 Å². The van der Waals surface area contributed by atoms with Crippen molar-refractivity contribution in [2.45, 2.75) is 47.0 Å². The fourth-order valence-electron chi connectivity index (χ4n) is 3.83. The zero-order valence-corrected chi connectivity index (χ0v) is 20.6. The number of hydrogen-bond acceptors (Lipinski definition) is 6. The minimum atomic E-state index is -0.986. The number of nitrogens with zero attached hydrogens (tertiary/aromatic N) is 1. The summed E-state index contributed by atoms with van der Waals surface area (Å²) in [5, 5.41) is 32.4. The third-order valence-corrected chi connectivity index (χ3v) is 6.31. The van der Waals surface area contributed by atoms with Crippen LogP contribution in [0.15, 0.2) is 22.3 Å². The Morgan fingerprint density at radius 1 is 0.812 bits per heavy atom. The first-order valence-corrected chi connectivity index (χ1v) is 11.1. The zero-order valence-electron chi connectivity index (χ0n) is 19.8. The van der Waals surface area contributed by atoms with E-state index in [1.54, 1.807) is 25.0 Å². The van der Waals surface area contributed by atoms with Crippen molar-refractivity contribution in [1.82, 2.24) is 15.5 Å². The van der Waals surface area contributed by atoms with Crippen LogP contribution in [0.25, 0.3) is 0 Å². The third-order valence-electron chi connectivity index (χ3n) is 6.31. The summed E-state index contributed by atoms with van der Waals surface area (Å²) in [4.78, 5) is 24.0. The van der Waals surface area contributed by atoms with Gasteiger partial charge < -0.3 is 30.9 Å². The number of rotatable bonds is 4. The van der Waals surface area contributed by atoms with E-state index in [0.29, 0.717) is 0 Å². The van der Waals surface area contributed by atoms with Crippen LogP contribution >= 0.6 is 12.4 Å². The molecule has 0 bridgehead atoms. The SMILES string of the molecule is C1CC2=C(C1)CNC2.CC(C)(CO)C(=O)N1CC2=C(CNC2)C1.CC(C)(CO)C(=O)O.Cl. The Hall–Kier alpha value is -1.45. The lowest BCUT2D eigenvalue weighted by Gasteiger charge is -2.28. The molecule has 8 nitrogen and oxygen atoms in total. The van der Waals surface area contributed by atoms with Crippen molar-refractivity contribution in [3.63, 3.8) is 0 Å². The Morgan fingerprint density at radius 2 is 1.22 bits per heavy atom. The summed E-state index contributed by atoms with van der Waals surface area (Å²) in [6, 6.07) is 0. The molecule has 0 unspecified atom stereocenters. The van der Waals surface area contributed by atoms with Gasteiger partial charge in [-0.3, -0.25) is 9.59 Å². The highest BCUT2D eigenvalue weighted by molar-refractivity contribution is 5.85. The maximum Gasteiger partial charge on any atom is 0.311 e. The fourth-order valence-corrected chi connectivity index (χ4v) is 3.83. The summed E-state index contributed by atoms with van der Waals surface area (Å²) in [5.41, 5.74) is 4.51. The average molecular weight is 474 g/mol. The van der Waals surface area contributed by atoms with Gasteiger partial charge in [-0.2, -0.15) is 0 Å². The van der Waals surface area contributed by atoms with Crippen molar-refractivity contribution < 1.29 is 24.9 Å². The van der Waals surface area contributed by atoms with E-state index in [2.05, 4.69) is 10.6 Å². The smallest absolute Gasteiger partial charge is 0.311 e. The van der Waals surface area contributed by atoms with E-state index in [1.807, 2.05) is 4.90 Å². The molecule has 184 valence electrons. The van der Waals surface area contributed by atoms with Gasteiger partial charge in [-0.15, -0.1) is 12.4 Å². The van der Waals surface area contributed by atoms with Crippen LogP contribution in [0.5, 0.6) is 0 Å². The molecular weight excluding hydrogens is 434 g/mol. The van der Waals surface area contributed by atoms with Gasteiger partial charge in [0.2, 0.25) is 5.91 Å². The van der Waals surface area contributed by atoms with Crippen LogP contribution in [-0.4, -0.2) is 84.6 Å². The predicted octanol–water partition coefficient (Wildman–Crippen LogP) is 1.33. The molecule has 0 aromatic heterocycles. The van der Waals surface area contributed by atoms with Crippen LogP contribution in [0.1, 0.15) is 47.0 Å². The Kier molecular flexibility index (Phi) is 10.8. The zero-order chi connectivity index (χ0) is 23.2. The second-order valence-electron chi connectivity index (χ2n) is 10.0. The summed E-state index contributed by atoms with van der Waals surface area (Å²) in [6.07, 6.45) is 4.18. The van der Waals surface area contributed by atoms with E-state index < -0.39 is 16.8 Å². The Bertz CT molecular complexity index is 702. The molecule has 4 rings (SSSR count). The van der Waals surface area contributed by atoms with E-state index in [-0.39, 0.29) is 31.5 Å². The second kappa shape index (κ2) is 12.1. The van der Waals surface area contributed by atoms with E-state index in [9.17, 15) is 9.59 Å². The second-order valence-corrected chi connectivity index (χ2v) is 10.0. The van der Waals surface area contributed by atoms with Crippen LogP contribution in [0, 0.1) is 10.8 Å². The number of amides is 1. The fraction of sp³-hybridized carbons (Fsp3) is 0.739. The number of carboxylic acids is 1. The molecule has 9 heteroatoms. The first-order chi connectivity index (χ1) is 14.5. The number of nitrogens with one attached hydrogen (secondary N) is 2. The number of carbonyl (C=O) groups excluding carboxylic acids is 1. The van der Waals surface area contributed by atoms with Gasteiger partial charge in [-0.05, 0) is 58.1 Å². The Balaban J connectivity index is 0.000000257. The van der Waals surface area contributed by atoms with E-state index in [0.717, 1.165) is 26.2 Å². The number of halogens is 1. The van der Waals surface area contributed by atoms with Crippen LogP contribution in [0.3, 0.4) is 0 Å². The highest BCUT2D eigenvalue weighted by atomic mass is 35.5. The van der Waals surface area contributed by atoms with Gasteiger partial charge in [0.05, 0.1) is 24.0 Å². The minimum absolute atomic E-state index is 0. The van der Waals surface area contributed by atoms with Gasteiger partial charge >= 0.3 is 5.97 Å². The molecule has 0 atom stereocenters. The monoisotopic (exact) mass is 473 g/mol. The van der Waals surface area contributed by atoms with E-state index >= 15 is 0 Å². The van der Waals surface area contributed by atoms with E-state index in [1.165, 1.54) is 57.3 Å². The molecule has 0 spiro atoms. The number of hydrogen-bond donors (Lipinski definition) is 5. The lowest BCUT2D eigenvalue weighted by atomic mass is 9.93. The summed E-state index contributed by atoms with van der Waals surface area (Å²) >= 11 is 0. The van der Waals surface area contributed by atoms with Crippen LogP contribution in [0.2, 0.25) is 0 Å². The van der Waals surface area contributed by atoms with Gasteiger partial charge in [-0.25, -0.2) is 0 Å². The molecule has 0 saturated carbocycles. The van der Waals surface area contributed by atoms with Crippen LogP contribution in [0.4, 0.5) is 0 Å². The predicted molar refractivity (Wildman–Crippen MR) is 127 cm³/mol. The van der Waals surface area contributed by atoms with Crippen LogP contribution < -0.4 is 10.6 Å². The van der Waals surface area contributed by atoms with Crippen molar-refractivity contribution in [2.75, 3.05) is 52.5 Å². The van der Waals surface area contributed by atoms with Crippen molar-refractivity contribution in [3.05, 3.63) is 22.3 Å². The molecule has 0 fully saturated rings. The van der Waals surface area contributed by atoms with Gasteiger partial charge in [0.25, 0.3) is 0 Å². The molecule has 0 aromatic carbocycles. The van der Waals surface area contributed by atoms with Crippen molar-refractivity contribution >= 4 is 24.3 Å². The number of carbonyl (C=O) groups is 2. The quantitative estimate of drug-likeness (QED) is 0.390. The molecule has 0 saturated heterocycles. The highest BCUT2D eigenvalue weighted by Crippen LogP contribution is 2.28. The largest absolute Gasteiger partial charge is 0.481 e. The lowest BCUT2D eigenvalue weighted by molar-refractivity contribution is -0.149. The standard InChI is InChI=1S/C11H18N2O2.C7H11N.C5H10O3.ClH/c1-11(2,7-14)10(15)13-5-8-3-12-4-9(8)6-13;1-2-6-4-8-5-7(6)3-1;1-5(2,3-6)4(7)8;/h12,14H,3-7H2,1-2H3;8H,1-5H2;6H,3H2,1-2H3,(H,7,8);1H. The number of aliphatic carboxylic acids is 1. The molecule has 0 radical (unpaired) electrons. The molecule has 1 aliphatic carbocycles. The first-order valence-electron chi connectivity index (χ1n) is 11.1. The average Bonchev–Trinajstić information content (AvgIpc) is 3.48. The summed E-state index contributed by atoms with van der Waals surface area (Å²) in [5.74, 6) is -0.917. The number of carboxylic acid groups (broad SMARTS) is 1. The summed E-state index contributed by atoms with van der Waals surface area (Å²) in [7, 11) is 0. The molecular formula is C23H40ClN3O5. The van der Waals surface area contributed by atoms with Crippen molar-refractivity contribution in [1.29, 1.82) is 0 Å². The summed E-state index contributed by atoms with van der Waals surface area (Å²) < 4.78 is 0.